The van der Waals surface area contributed by atoms with E-state index in [0.717, 1.165) is 29.5 Å². The number of hydrogen-bond acceptors (Lipinski definition) is 1. The second-order valence-electron chi connectivity index (χ2n) is 3.46. The first kappa shape index (κ1) is 7.74. The maximum absolute atomic E-state index is 13.3. The van der Waals surface area contributed by atoms with Gasteiger partial charge in [0.15, 0.2) is 0 Å². The molecule has 2 heteroatoms. The van der Waals surface area contributed by atoms with E-state index in [1.54, 1.807) is 6.07 Å². The second-order valence-corrected chi connectivity index (χ2v) is 3.46. The van der Waals surface area contributed by atoms with Crippen molar-refractivity contribution in [2.45, 2.75) is 25.8 Å². The molecule has 1 aliphatic rings. The number of rotatable bonds is 0. The molecule has 1 aliphatic carbocycles. The fourth-order valence-electron chi connectivity index (χ4n) is 1.85. The van der Waals surface area contributed by atoms with Crippen LogP contribution in [0.1, 0.15) is 29.2 Å². The van der Waals surface area contributed by atoms with Crippen molar-refractivity contribution in [3.05, 3.63) is 34.6 Å². The Morgan fingerprint density at radius 2 is 2.25 bits per heavy atom. The average Bonchev–Trinajstić information content (AvgIpc) is 2.33. The smallest absolute Gasteiger partial charge is 0.126 e. The van der Waals surface area contributed by atoms with Crippen molar-refractivity contribution >= 4 is 0 Å². The molecule has 1 atom stereocenters. The molecule has 2 rings (SSSR count). The Hall–Kier alpha value is -0.890. The highest BCUT2D eigenvalue weighted by Crippen LogP contribution is 2.31. The first-order valence-corrected chi connectivity index (χ1v) is 4.23. The lowest BCUT2D eigenvalue weighted by atomic mass is 10.1. The van der Waals surface area contributed by atoms with Gasteiger partial charge in [0.1, 0.15) is 5.82 Å². The van der Waals surface area contributed by atoms with Gasteiger partial charge in [0, 0.05) is 6.04 Å². The molecular formula is C10H12FN. The molecule has 0 saturated heterocycles. The summed E-state index contributed by atoms with van der Waals surface area (Å²) in [5.74, 6) is -0.0852. The van der Waals surface area contributed by atoms with E-state index >= 15 is 0 Å². The van der Waals surface area contributed by atoms with Crippen LogP contribution in [-0.4, -0.2) is 0 Å². The Balaban J connectivity index is 2.60. The predicted octanol–water partition coefficient (Wildman–Crippen LogP) is 2.08. The molecule has 1 nitrogen and oxygen atoms in total. The number of aryl methyl sites for hydroxylation is 1. The van der Waals surface area contributed by atoms with Gasteiger partial charge in [-0.15, -0.1) is 0 Å². The number of nitrogens with two attached hydrogens (primary N) is 1. The van der Waals surface area contributed by atoms with E-state index in [2.05, 4.69) is 0 Å². The molecule has 12 heavy (non-hydrogen) atoms. The summed E-state index contributed by atoms with van der Waals surface area (Å²) in [5, 5.41) is 0. The standard InChI is InChI=1S/C10H12FN/c1-6-4-8-7(9(11)5-6)2-3-10(8)12/h4-5,10H,2-3,12H2,1H3/t10-/m0/s1. The molecule has 64 valence electrons. The maximum Gasteiger partial charge on any atom is 0.126 e. The van der Waals surface area contributed by atoms with Gasteiger partial charge in [0.2, 0.25) is 0 Å². The van der Waals surface area contributed by atoms with Crippen LogP contribution < -0.4 is 5.73 Å². The monoisotopic (exact) mass is 165 g/mol. The Morgan fingerprint density at radius 1 is 1.50 bits per heavy atom. The second kappa shape index (κ2) is 2.56. The lowest BCUT2D eigenvalue weighted by Crippen LogP contribution is -2.05. The van der Waals surface area contributed by atoms with Gasteiger partial charge in [-0.3, -0.25) is 0 Å². The normalized spacial score (nSPS) is 21.1. The average molecular weight is 165 g/mol. The highest BCUT2D eigenvalue weighted by molar-refractivity contribution is 5.38. The van der Waals surface area contributed by atoms with E-state index in [-0.39, 0.29) is 11.9 Å². The van der Waals surface area contributed by atoms with Crippen molar-refractivity contribution in [1.82, 2.24) is 0 Å². The Labute approximate surface area is 71.4 Å². The van der Waals surface area contributed by atoms with E-state index in [9.17, 15) is 4.39 Å². The molecule has 0 heterocycles. The van der Waals surface area contributed by atoms with Gasteiger partial charge < -0.3 is 5.73 Å². The minimum Gasteiger partial charge on any atom is -0.324 e. The lowest BCUT2D eigenvalue weighted by molar-refractivity contribution is 0.611. The van der Waals surface area contributed by atoms with Crippen LogP contribution in [0, 0.1) is 12.7 Å². The highest BCUT2D eigenvalue weighted by atomic mass is 19.1. The molecule has 0 bridgehead atoms. The SMILES string of the molecule is Cc1cc(F)c2c(c1)[C@@H](N)CC2. The van der Waals surface area contributed by atoms with Gasteiger partial charge in [-0.25, -0.2) is 4.39 Å². The number of benzene rings is 1. The fraction of sp³-hybridized carbons (Fsp3) is 0.400. The molecule has 1 aromatic rings. The third-order valence-corrected chi connectivity index (χ3v) is 2.48. The Kier molecular flexibility index (Phi) is 1.65. The largest absolute Gasteiger partial charge is 0.324 e. The third-order valence-electron chi connectivity index (χ3n) is 2.48. The van der Waals surface area contributed by atoms with Crippen molar-refractivity contribution < 1.29 is 4.39 Å². The maximum atomic E-state index is 13.3. The number of hydrogen-bond donors (Lipinski definition) is 1. The number of fused-ring (bicyclic) bond motifs is 1. The van der Waals surface area contributed by atoms with Gasteiger partial charge >= 0.3 is 0 Å². The Morgan fingerprint density at radius 3 is 3.00 bits per heavy atom. The van der Waals surface area contributed by atoms with Crippen LogP contribution in [0.25, 0.3) is 0 Å². The van der Waals surface area contributed by atoms with Crippen molar-refractivity contribution in [2.75, 3.05) is 0 Å². The molecule has 0 aromatic heterocycles. The number of halogens is 1. The highest BCUT2D eigenvalue weighted by Gasteiger charge is 2.21. The summed E-state index contributed by atoms with van der Waals surface area (Å²) in [5.41, 5.74) is 8.61. The molecule has 0 radical (unpaired) electrons. The third kappa shape index (κ3) is 1.03. The van der Waals surface area contributed by atoms with Crippen LogP contribution in [-0.2, 0) is 6.42 Å². The summed E-state index contributed by atoms with van der Waals surface area (Å²) in [6.07, 6.45) is 1.68. The molecule has 0 saturated carbocycles. The van der Waals surface area contributed by atoms with Crippen LogP contribution in [0.2, 0.25) is 0 Å². The van der Waals surface area contributed by atoms with E-state index < -0.39 is 0 Å². The predicted molar refractivity (Wildman–Crippen MR) is 46.4 cm³/mol. The molecular weight excluding hydrogens is 153 g/mol. The topological polar surface area (TPSA) is 26.0 Å². The van der Waals surface area contributed by atoms with Crippen LogP contribution in [0.4, 0.5) is 4.39 Å². The zero-order chi connectivity index (χ0) is 8.72. The summed E-state index contributed by atoms with van der Waals surface area (Å²) < 4.78 is 13.3. The summed E-state index contributed by atoms with van der Waals surface area (Å²) in [6.45, 7) is 1.90. The van der Waals surface area contributed by atoms with Gasteiger partial charge in [-0.2, -0.15) is 0 Å². The molecule has 0 spiro atoms. The van der Waals surface area contributed by atoms with Gasteiger partial charge in [0.05, 0.1) is 0 Å². The van der Waals surface area contributed by atoms with Crippen LogP contribution in [0.3, 0.4) is 0 Å². The minimum absolute atomic E-state index is 0.0504. The summed E-state index contributed by atoms with van der Waals surface area (Å²) >= 11 is 0. The van der Waals surface area contributed by atoms with Crippen LogP contribution >= 0.6 is 0 Å². The first-order chi connectivity index (χ1) is 5.68. The van der Waals surface area contributed by atoms with E-state index in [4.69, 9.17) is 5.73 Å². The fourth-order valence-corrected chi connectivity index (χ4v) is 1.85. The quantitative estimate of drug-likeness (QED) is 0.625. The van der Waals surface area contributed by atoms with E-state index in [0.29, 0.717) is 0 Å². The van der Waals surface area contributed by atoms with Crippen molar-refractivity contribution in [2.24, 2.45) is 5.73 Å². The molecule has 0 fully saturated rings. The van der Waals surface area contributed by atoms with Crippen molar-refractivity contribution in [3.8, 4) is 0 Å². The zero-order valence-electron chi connectivity index (χ0n) is 7.10. The molecule has 0 unspecified atom stereocenters. The summed E-state index contributed by atoms with van der Waals surface area (Å²) in [4.78, 5) is 0. The van der Waals surface area contributed by atoms with E-state index in [1.165, 1.54) is 0 Å². The molecule has 0 aliphatic heterocycles. The lowest BCUT2D eigenvalue weighted by Gasteiger charge is -2.06. The molecule has 2 N–H and O–H groups in total. The van der Waals surface area contributed by atoms with Gasteiger partial charge in [0.25, 0.3) is 0 Å². The minimum atomic E-state index is -0.0852. The van der Waals surface area contributed by atoms with Crippen LogP contribution in [0.15, 0.2) is 12.1 Å². The Bertz CT molecular complexity index is 320. The summed E-state index contributed by atoms with van der Waals surface area (Å²) in [6, 6.07) is 3.63. The zero-order valence-corrected chi connectivity index (χ0v) is 7.10. The van der Waals surface area contributed by atoms with Gasteiger partial charge in [-0.05, 0) is 42.5 Å². The van der Waals surface area contributed by atoms with E-state index in [1.807, 2.05) is 13.0 Å². The summed E-state index contributed by atoms with van der Waals surface area (Å²) in [7, 11) is 0. The van der Waals surface area contributed by atoms with Crippen molar-refractivity contribution in [3.63, 3.8) is 0 Å². The van der Waals surface area contributed by atoms with Gasteiger partial charge in [-0.1, -0.05) is 6.07 Å². The van der Waals surface area contributed by atoms with Crippen LogP contribution in [0.5, 0.6) is 0 Å². The molecule has 1 aromatic carbocycles. The van der Waals surface area contributed by atoms with Crippen molar-refractivity contribution in [1.29, 1.82) is 0 Å². The first-order valence-electron chi connectivity index (χ1n) is 4.23. The molecule has 0 amide bonds.